The minimum atomic E-state index is -0.398. The second-order valence-electron chi connectivity index (χ2n) is 5.07. The summed E-state index contributed by atoms with van der Waals surface area (Å²) in [5, 5.41) is 26.4. The van der Waals surface area contributed by atoms with Gasteiger partial charge in [0.15, 0.2) is 0 Å². The van der Waals surface area contributed by atoms with Crippen LogP contribution in [0.1, 0.15) is 19.8 Å². The number of aliphatic hydroxyl groups is 1. The third kappa shape index (κ3) is 3.35. The quantitative estimate of drug-likeness (QED) is 0.519. The summed E-state index contributed by atoms with van der Waals surface area (Å²) in [6.07, 6.45) is 2.01. The molecule has 0 amide bonds. The van der Waals surface area contributed by atoms with Crippen molar-refractivity contribution in [3.05, 3.63) is 28.3 Å². The largest absolute Gasteiger partial charge is 0.396 e. The van der Waals surface area contributed by atoms with E-state index in [0.29, 0.717) is 18.8 Å². The van der Waals surface area contributed by atoms with Gasteiger partial charge in [-0.3, -0.25) is 10.1 Å². The first kappa shape index (κ1) is 13.6. The highest BCUT2D eigenvalue weighted by atomic mass is 16.6. The number of nitrogens with one attached hydrogen (secondary N) is 2. The van der Waals surface area contributed by atoms with Gasteiger partial charge in [0.2, 0.25) is 0 Å². The topological polar surface area (TPSA) is 87.4 Å². The van der Waals surface area contributed by atoms with E-state index in [0.717, 1.165) is 18.5 Å². The molecular weight excluding hydrogens is 246 g/mol. The van der Waals surface area contributed by atoms with Gasteiger partial charge in [0.25, 0.3) is 5.69 Å². The zero-order valence-corrected chi connectivity index (χ0v) is 11.0. The molecule has 6 heteroatoms. The van der Waals surface area contributed by atoms with Gasteiger partial charge in [-0.15, -0.1) is 0 Å². The van der Waals surface area contributed by atoms with Crippen LogP contribution < -0.4 is 10.6 Å². The number of non-ortho nitro benzene ring substituents is 1. The lowest BCUT2D eigenvalue weighted by atomic mass is 10.1. The average molecular weight is 265 g/mol. The zero-order valence-electron chi connectivity index (χ0n) is 11.0. The number of hydrogen-bond donors (Lipinski definition) is 3. The maximum Gasteiger partial charge on any atom is 0.273 e. The molecule has 104 valence electrons. The lowest BCUT2D eigenvalue weighted by Gasteiger charge is -2.14. The van der Waals surface area contributed by atoms with Gasteiger partial charge in [-0.2, -0.15) is 0 Å². The first-order valence-corrected chi connectivity index (χ1v) is 6.47. The number of rotatable bonds is 7. The van der Waals surface area contributed by atoms with Crippen LogP contribution in [0.25, 0.3) is 0 Å². The summed E-state index contributed by atoms with van der Waals surface area (Å²) in [6, 6.07) is 4.89. The van der Waals surface area contributed by atoms with E-state index in [1.165, 1.54) is 12.1 Å². The molecule has 1 saturated carbocycles. The standard InChI is InChI=1S/C13H19N3O3/c1-2-14-10-5-11(7-12(6-10)16(18)19)15-8-13(9-17)3-4-13/h5-7,14-15,17H,2-4,8-9H2,1H3. The highest BCUT2D eigenvalue weighted by Gasteiger charge is 2.41. The third-order valence-corrected chi connectivity index (χ3v) is 3.47. The molecule has 0 aliphatic heterocycles. The van der Waals surface area contributed by atoms with Crippen molar-refractivity contribution in [3.8, 4) is 0 Å². The Kier molecular flexibility index (Phi) is 3.90. The molecule has 1 aliphatic rings. The summed E-state index contributed by atoms with van der Waals surface area (Å²) in [5.74, 6) is 0. The van der Waals surface area contributed by atoms with Crippen LogP contribution in [-0.2, 0) is 0 Å². The molecule has 1 fully saturated rings. The van der Waals surface area contributed by atoms with Crippen molar-refractivity contribution in [2.24, 2.45) is 5.41 Å². The predicted molar refractivity (Wildman–Crippen MR) is 74.5 cm³/mol. The molecule has 1 aromatic carbocycles. The van der Waals surface area contributed by atoms with Crippen LogP contribution in [0, 0.1) is 15.5 Å². The van der Waals surface area contributed by atoms with Crippen molar-refractivity contribution in [2.75, 3.05) is 30.3 Å². The van der Waals surface area contributed by atoms with Crippen LogP contribution in [0.3, 0.4) is 0 Å². The normalized spacial score (nSPS) is 15.9. The molecule has 0 bridgehead atoms. The second-order valence-corrected chi connectivity index (χ2v) is 5.07. The fraction of sp³-hybridized carbons (Fsp3) is 0.538. The van der Waals surface area contributed by atoms with Crippen LogP contribution in [0.5, 0.6) is 0 Å². The fourth-order valence-electron chi connectivity index (χ4n) is 1.98. The van der Waals surface area contributed by atoms with Crippen molar-refractivity contribution < 1.29 is 10.0 Å². The second kappa shape index (κ2) is 5.44. The summed E-state index contributed by atoms with van der Waals surface area (Å²) in [7, 11) is 0. The number of nitro benzene ring substituents is 1. The molecule has 0 heterocycles. The van der Waals surface area contributed by atoms with Crippen LogP contribution in [0.2, 0.25) is 0 Å². The Morgan fingerprint density at radius 3 is 2.42 bits per heavy atom. The minimum Gasteiger partial charge on any atom is -0.396 e. The van der Waals surface area contributed by atoms with Gasteiger partial charge >= 0.3 is 0 Å². The Morgan fingerprint density at radius 2 is 1.95 bits per heavy atom. The first-order valence-electron chi connectivity index (χ1n) is 6.47. The Labute approximate surface area is 112 Å². The van der Waals surface area contributed by atoms with Gasteiger partial charge in [0, 0.05) is 42.0 Å². The van der Waals surface area contributed by atoms with E-state index >= 15 is 0 Å². The van der Waals surface area contributed by atoms with Gasteiger partial charge in [-0.1, -0.05) is 0 Å². The highest BCUT2D eigenvalue weighted by molar-refractivity contribution is 5.63. The molecule has 1 aromatic rings. The Bertz CT molecular complexity index is 472. The zero-order chi connectivity index (χ0) is 13.9. The van der Waals surface area contributed by atoms with E-state index in [2.05, 4.69) is 10.6 Å². The number of nitrogens with zero attached hydrogens (tertiary/aromatic N) is 1. The number of hydrogen-bond acceptors (Lipinski definition) is 5. The Balaban J connectivity index is 2.11. The van der Waals surface area contributed by atoms with Crippen molar-refractivity contribution in [1.29, 1.82) is 0 Å². The van der Waals surface area contributed by atoms with Gasteiger partial charge in [0.1, 0.15) is 0 Å². The SMILES string of the molecule is CCNc1cc(NCC2(CO)CC2)cc([N+](=O)[O-])c1. The van der Waals surface area contributed by atoms with E-state index < -0.39 is 4.92 Å². The smallest absolute Gasteiger partial charge is 0.273 e. The molecule has 3 N–H and O–H groups in total. The fourth-order valence-corrected chi connectivity index (χ4v) is 1.98. The lowest BCUT2D eigenvalue weighted by molar-refractivity contribution is -0.384. The van der Waals surface area contributed by atoms with Crippen LogP contribution in [0.4, 0.5) is 17.1 Å². The van der Waals surface area contributed by atoms with Crippen molar-refractivity contribution in [3.63, 3.8) is 0 Å². The molecule has 0 spiro atoms. The summed E-state index contributed by atoms with van der Waals surface area (Å²) in [6.45, 7) is 3.46. The van der Waals surface area contributed by atoms with Crippen molar-refractivity contribution in [2.45, 2.75) is 19.8 Å². The van der Waals surface area contributed by atoms with E-state index in [1.54, 1.807) is 0 Å². The molecule has 0 radical (unpaired) electrons. The van der Waals surface area contributed by atoms with Gasteiger partial charge in [-0.25, -0.2) is 0 Å². The predicted octanol–water partition coefficient (Wildman–Crippen LogP) is 2.21. The van der Waals surface area contributed by atoms with Crippen LogP contribution >= 0.6 is 0 Å². The molecule has 1 aliphatic carbocycles. The third-order valence-electron chi connectivity index (χ3n) is 3.47. The summed E-state index contributed by atoms with van der Waals surface area (Å²) in [5.41, 5.74) is 1.48. The summed E-state index contributed by atoms with van der Waals surface area (Å²) in [4.78, 5) is 10.5. The highest BCUT2D eigenvalue weighted by Crippen LogP contribution is 2.45. The Hall–Kier alpha value is -1.82. The molecule has 19 heavy (non-hydrogen) atoms. The maximum absolute atomic E-state index is 10.9. The maximum atomic E-state index is 10.9. The van der Waals surface area contributed by atoms with E-state index in [-0.39, 0.29) is 17.7 Å². The summed E-state index contributed by atoms with van der Waals surface area (Å²) < 4.78 is 0. The van der Waals surface area contributed by atoms with Crippen LogP contribution in [0.15, 0.2) is 18.2 Å². The van der Waals surface area contributed by atoms with Gasteiger partial charge in [0.05, 0.1) is 11.5 Å². The summed E-state index contributed by atoms with van der Waals surface area (Å²) >= 11 is 0. The molecule has 6 nitrogen and oxygen atoms in total. The van der Waals surface area contributed by atoms with Crippen molar-refractivity contribution >= 4 is 17.1 Å². The lowest BCUT2D eigenvalue weighted by Crippen LogP contribution is -2.19. The molecular formula is C13H19N3O3. The van der Waals surface area contributed by atoms with Crippen LogP contribution in [-0.4, -0.2) is 29.7 Å². The van der Waals surface area contributed by atoms with Gasteiger partial charge < -0.3 is 15.7 Å². The molecule has 2 rings (SSSR count). The number of anilines is 2. The number of nitro groups is 1. The molecule has 0 aromatic heterocycles. The van der Waals surface area contributed by atoms with E-state index in [1.807, 2.05) is 13.0 Å². The van der Waals surface area contributed by atoms with Crippen molar-refractivity contribution in [1.82, 2.24) is 0 Å². The van der Waals surface area contributed by atoms with E-state index in [9.17, 15) is 15.2 Å². The monoisotopic (exact) mass is 265 g/mol. The molecule has 0 atom stereocenters. The minimum absolute atomic E-state index is 0.0248. The number of aliphatic hydroxyl groups excluding tert-OH is 1. The number of benzene rings is 1. The molecule has 0 unspecified atom stereocenters. The Morgan fingerprint density at radius 1 is 1.32 bits per heavy atom. The first-order chi connectivity index (χ1) is 9.08. The molecule has 0 saturated heterocycles. The van der Waals surface area contributed by atoms with E-state index in [4.69, 9.17) is 0 Å². The average Bonchev–Trinajstić information content (AvgIpc) is 3.17. The van der Waals surface area contributed by atoms with Gasteiger partial charge in [-0.05, 0) is 25.8 Å².